The van der Waals surface area contributed by atoms with Gasteiger partial charge in [-0.25, -0.2) is 4.79 Å². The maximum Gasteiger partial charge on any atom is 0.490 e. The van der Waals surface area contributed by atoms with E-state index in [9.17, 15) is 18.0 Å². The smallest absolute Gasteiger partial charge is 0.490 e. The van der Waals surface area contributed by atoms with Crippen molar-refractivity contribution in [3.05, 3.63) is 22.4 Å². The van der Waals surface area contributed by atoms with Gasteiger partial charge < -0.3 is 20.7 Å². The lowest BCUT2D eigenvalue weighted by Gasteiger charge is -2.23. The fourth-order valence-electron chi connectivity index (χ4n) is 1.32. The molecule has 13 heteroatoms. The van der Waals surface area contributed by atoms with Gasteiger partial charge in [-0.2, -0.15) is 31.1 Å². The zero-order chi connectivity index (χ0) is 20.7. The first kappa shape index (κ1) is 24.8. The Bertz CT molecular complexity index is 651. The molecule has 0 heterocycles. The molecule has 1 aliphatic rings. The minimum Gasteiger partial charge on any atom is -0.492 e. The molecular weight excluding hydrogens is 513 g/mol. The second kappa shape index (κ2) is 10.2. The predicted octanol–water partition coefficient (Wildman–Crippen LogP) is 2.57. The number of alkyl halides is 4. The Hall–Kier alpha value is -1.23. The highest BCUT2D eigenvalue weighted by Crippen LogP contribution is 2.36. The molecule has 4 N–H and O–H groups in total. The largest absolute Gasteiger partial charge is 0.492 e. The normalized spacial score (nSPS) is 21.8. The molecule has 0 radical (unpaired) electrons. The van der Waals surface area contributed by atoms with Crippen molar-refractivity contribution < 1.29 is 37.7 Å². The van der Waals surface area contributed by atoms with E-state index in [-0.39, 0.29) is 6.61 Å². The Balaban J connectivity index is 0.000000758. The number of carboxylic acid groups (broad SMARTS) is 2. The van der Waals surface area contributed by atoms with Gasteiger partial charge in [0, 0.05) is 10.9 Å². The highest BCUT2D eigenvalue weighted by atomic mass is 79.9. The highest BCUT2D eigenvalue weighted by Gasteiger charge is 2.38. The number of halogens is 5. The number of nitrogens with two attached hydrogens (primary N) is 1. The van der Waals surface area contributed by atoms with E-state index < -0.39 is 33.7 Å². The van der Waals surface area contributed by atoms with Crippen LogP contribution in [-0.4, -0.2) is 50.6 Å². The molecule has 0 spiro atoms. The molecule has 146 valence electrons. The summed E-state index contributed by atoms with van der Waals surface area (Å²) >= 11 is 10.7. The Morgan fingerprint density at radius 3 is 2.35 bits per heavy atom. The average Bonchev–Trinajstić information content (AvgIpc) is 2.52. The number of aliphatic carboxylic acids is 2. The van der Waals surface area contributed by atoms with E-state index in [1.165, 1.54) is 0 Å². The van der Waals surface area contributed by atoms with Crippen LogP contribution in [0.25, 0.3) is 0 Å². The lowest BCUT2D eigenvalue weighted by Crippen LogP contribution is -2.41. The Morgan fingerprint density at radius 1 is 1.50 bits per heavy atom. The first-order valence-electron chi connectivity index (χ1n) is 6.51. The van der Waals surface area contributed by atoms with Gasteiger partial charge in [-0.3, -0.25) is 4.79 Å². The van der Waals surface area contributed by atoms with E-state index >= 15 is 0 Å². The second-order valence-electron chi connectivity index (χ2n) is 4.80. The second-order valence-corrected chi connectivity index (χ2v) is 7.83. The predicted molar refractivity (Wildman–Crippen MR) is 95.0 cm³/mol. The topological polar surface area (TPSA) is 134 Å². The maximum atomic E-state index is 10.7. The first-order chi connectivity index (χ1) is 11.7. The van der Waals surface area contributed by atoms with Crippen LogP contribution in [0.5, 0.6) is 0 Å². The summed E-state index contributed by atoms with van der Waals surface area (Å²) in [7, 11) is 0. The molecule has 3 atom stereocenters. The number of carbonyl (C=O) groups is 2. The number of rotatable bonds is 5. The summed E-state index contributed by atoms with van der Waals surface area (Å²) in [6.45, 7) is 0.0627. The number of thiol groups is 1. The fraction of sp³-hybridized carbons (Fsp3) is 0.462. The highest BCUT2D eigenvalue weighted by molar-refractivity contribution is 9.12. The van der Waals surface area contributed by atoms with Crippen molar-refractivity contribution in [3.63, 3.8) is 0 Å². The number of hydrogen-bond acceptors (Lipinski definition) is 6. The molecule has 26 heavy (non-hydrogen) atoms. The first-order valence-corrected chi connectivity index (χ1v) is 8.61. The quantitative estimate of drug-likeness (QED) is 0.320. The molecule has 0 aromatic carbocycles. The zero-order valence-corrected chi connectivity index (χ0v) is 16.8. The van der Waals surface area contributed by atoms with E-state index in [1.54, 1.807) is 12.2 Å². The summed E-state index contributed by atoms with van der Waals surface area (Å²) in [4.78, 5) is 19.6. The van der Waals surface area contributed by atoms with Gasteiger partial charge in [0.25, 0.3) is 0 Å². The van der Waals surface area contributed by atoms with Gasteiger partial charge in [-0.15, -0.1) is 0 Å². The molecule has 0 amide bonds. The van der Waals surface area contributed by atoms with Gasteiger partial charge in [0.05, 0.1) is 11.3 Å². The Kier molecular flexibility index (Phi) is 9.71. The van der Waals surface area contributed by atoms with Crippen LogP contribution in [0.4, 0.5) is 13.2 Å². The van der Waals surface area contributed by atoms with Crippen molar-refractivity contribution in [1.29, 1.82) is 5.26 Å². The lowest BCUT2D eigenvalue weighted by molar-refractivity contribution is -0.192. The third-order valence-corrected chi connectivity index (χ3v) is 4.58. The summed E-state index contributed by atoms with van der Waals surface area (Å²) < 4.78 is 37.2. The summed E-state index contributed by atoms with van der Waals surface area (Å²) in [5.41, 5.74) is 5.42. The van der Waals surface area contributed by atoms with Crippen LogP contribution in [0.3, 0.4) is 0 Å². The standard InChI is InChI=1S/C11H12Br2N2O3S.C2HF3O2/c12-6-3-11(13,5-14)2-1-7(6)18-4-8(19)9(15)10(16)17;3-2(4,5)1(6)7/h1-2,8-9,19H,3-4,15H2,(H,16,17);(H,6,7)/t8-,9+,11?;/m1./s1. The van der Waals surface area contributed by atoms with Gasteiger partial charge in [-0.05, 0) is 12.2 Å². The van der Waals surface area contributed by atoms with Crippen LogP contribution < -0.4 is 5.73 Å². The lowest BCUT2D eigenvalue weighted by atomic mass is 10.0. The van der Waals surface area contributed by atoms with Crippen molar-refractivity contribution in [2.24, 2.45) is 5.73 Å². The van der Waals surface area contributed by atoms with Crippen molar-refractivity contribution in [3.8, 4) is 6.07 Å². The molecule has 7 nitrogen and oxygen atoms in total. The molecule has 0 aliphatic heterocycles. The van der Waals surface area contributed by atoms with Crippen LogP contribution in [0.1, 0.15) is 6.42 Å². The molecule has 0 saturated heterocycles. The third kappa shape index (κ3) is 8.43. The Labute approximate surface area is 168 Å². The number of nitriles is 1. The summed E-state index contributed by atoms with van der Waals surface area (Å²) in [6, 6.07) is 1.03. The van der Waals surface area contributed by atoms with Crippen LogP contribution in [-0.2, 0) is 14.3 Å². The van der Waals surface area contributed by atoms with Crippen LogP contribution in [0, 0.1) is 11.3 Å². The molecule has 1 rings (SSSR count). The van der Waals surface area contributed by atoms with Crippen LogP contribution in [0.15, 0.2) is 22.4 Å². The maximum absolute atomic E-state index is 10.7. The number of nitrogens with zero attached hydrogens (tertiary/aromatic N) is 1. The van der Waals surface area contributed by atoms with Crippen molar-refractivity contribution in [1.82, 2.24) is 0 Å². The summed E-state index contributed by atoms with van der Waals surface area (Å²) in [5, 5.41) is 24.2. The molecule has 1 unspecified atom stereocenters. The molecule has 0 bridgehead atoms. The molecular formula is C13H13Br2F3N2O5S. The van der Waals surface area contributed by atoms with Crippen molar-refractivity contribution in [2.45, 2.75) is 28.2 Å². The molecule has 0 aromatic rings. The summed E-state index contributed by atoms with van der Waals surface area (Å²) in [5.74, 6) is -3.34. The number of allylic oxidation sites excluding steroid dienone is 3. The monoisotopic (exact) mass is 524 g/mol. The van der Waals surface area contributed by atoms with E-state index in [2.05, 4.69) is 50.6 Å². The molecule has 0 aromatic heterocycles. The number of hydrogen-bond donors (Lipinski definition) is 4. The third-order valence-electron chi connectivity index (χ3n) is 2.72. The summed E-state index contributed by atoms with van der Waals surface area (Å²) in [6.07, 6.45) is -1.33. The molecule has 1 aliphatic carbocycles. The van der Waals surface area contributed by atoms with Gasteiger partial charge >= 0.3 is 18.1 Å². The minimum absolute atomic E-state index is 0.0627. The number of carboxylic acids is 2. The molecule has 0 fully saturated rings. The Morgan fingerprint density at radius 2 is 2.00 bits per heavy atom. The van der Waals surface area contributed by atoms with Crippen LogP contribution in [0.2, 0.25) is 0 Å². The number of ether oxygens (including phenoxy) is 1. The zero-order valence-electron chi connectivity index (χ0n) is 12.7. The minimum atomic E-state index is -5.08. The van der Waals surface area contributed by atoms with E-state index in [1.807, 2.05) is 0 Å². The molecule has 0 saturated carbocycles. The van der Waals surface area contributed by atoms with Crippen molar-refractivity contribution in [2.75, 3.05) is 6.61 Å². The van der Waals surface area contributed by atoms with E-state index in [0.29, 0.717) is 12.2 Å². The van der Waals surface area contributed by atoms with Gasteiger partial charge in [0.15, 0.2) is 0 Å². The van der Waals surface area contributed by atoms with Gasteiger partial charge in [0.2, 0.25) is 0 Å². The van der Waals surface area contributed by atoms with Gasteiger partial charge in [-0.1, -0.05) is 31.9 Å². The van der Waals surface area contributed by atoms with Gasteiger partial charge in [0.1, 0.15) is 22.7 Å². The van der Waals surface area contributed by atoms with E-state index in [4.69, 9.17) is 30.7 Å². The SMILES string of the molecule is N#CC1(Br)C=CC(OC[C@@H](S)[C@H](N)C(=O)O)=C(Br)C1.O=C(O)C(F)(F)F. The fourth-order valence-corrected chi connectivity index (χ4v) is 3.00. The van der Waals surface area contributed by atoms with E-state index in [0.717, 1.165) is 4.48 Å². The average molecular weight is 526 g/mol. The van der Waals surface area contributed by atoms with Crippen molar-refractivity contribution >= 4 is 56.4 Å². The van der Waals surface area contributed by atoms with Crippen LogP contribution >= 0.6 is 44.5 Å².